The maximum atomic E-state index is 12.5. The van der Waals surface area contributed by atoms with Gasteiger partial charge in [0.2, 0.25) is 5.89 Å². The number of aromatic nitrogens is 1. The van der Waals surface area contributed by atoms with Crippen molar-refractivity contribution in [2.24, 2.45) is 0 Å². The zero-order valence-corrected chi connectivity index (χ0v) is 20.7. The number of benzene rings is 3. The van der Waals surface area contributed by atoms with Crippen molar-refractivity contribution < 1.29 is 13.9 Å². The molecule has 4 aromatic rings. The number of hydrogen-bond acceptors (Lipinski definition) is 5. The standard InChI is InChI=1S/C25H21Cl2N3O3S/c1-3-15-4-6-16(7-5-15)24-29-20-13-18(9-11-22(20)33-24)28-25(34)30-23(31)14(2)32-21-10-8-17(26)12-19(21)27/h4-14H,3H2,1-2H3,(H2,28,30,31,34). The molecule has 2 N–H and O–H groups in total. The third-order valence-electron chi connectivity index (χ3n) is 5.06. The van der Waals surface area contributed by atoms with Gasteiger partial charge in [-0.2, -0.15) is 0 Å². The highest BCUT2D eigenvalue weighted by molar-refractivity contribution is 7.80. The number of nitrogens with zero attached hydrogens (tertiary/aromatic N) is 1. The van der Waals surface area contributed by atoms with Crippen molar-refractivity contribution in [1.82, 2.24) is 10.3 Å². The number of ether oxygens (including phenoxy) is 1. The molecule has 0 aliphatic carbocycles. The van der Waals surface area contributed by atoms with Gasteiger partial charge >= 0.3 is 0 Å². The van der Waals surface area contributed by atoms with Crippen LogP contribution >= 0.6 is 35.4 Å². The molecule has 1 amide bonds. The number of carbonyl (C=O) groups excluding carboxylic acids is 1. The first-order valence-corrected chi connectivity index (χ1v) is 11.7. The van der Waals surface area contributed by atoms with E-state index in [0.717, 1.165) is 12.0 Å². The Morgan fingerprint density at radius 3 is 2.59 bits per heavy atom. The molecular weight excluding hydrogens is 493 g/mol. The maximum absolute atomic E-state index is 12.5. The van der Waals surface area contributed by atoms with Gasteiger partial charge in [-0.25, -0.2) is 4.98 Å². The summed E-state index contributed by atoms with van der Waals surface area (Å²) in [6, 6.07) is 18.3. The van der Waals surface area contributed by atoms with Gasteiger partial charge in [0, 0.05) is 16.3 Å². The lowest BCUT2D eigenvalue weighted by Gasteiger charge is -2.16. The van der Waals surface area contributed by atoms with E-state index in [4.69, 9.17) is 44.6 Å². The van der Waals surface area contributed by atoms with Gasteiger partial charge in [0.1, 0.15) is 11.3 Å². The van der Waals surface area contributed by atoms with Gasteiger partial charge in [-0.1, -0.05) is 42.3 Å². The molecule has 0 fully saturated rings. The molecule has 1 aromatic heterocycles. The second-order valence-electron chi connectivity index (χ2n) is 7.53. The minimum absolute atomic E-state index is 0.126. The van der Waals surface area contributed by atoms with E-state index in [2.05, 4.69) is 34.7 Å². The molecule has 0 spiro atoms. The number of aryl methyl sites for hydroxylation is 1. The summed E-state index contributed by atoms with van der Waals surface area (Å²) in [4.78, 5) is 17.1. The number of oxazole rings is 1. The Hall–Kier alpha value is -3.13. The number of nitrogens with one attached hydrogen (secondary N) is 2. The summed E-state index contributed by atoms with van der Waals surface area (Å²) < 4.78 is 11.5. The fourth-order valence-corrected chi connectivity index (χ4v) is 3.87. The minimum atomic E-state index is -0.835. The first-order chi connectivity index (χ1) is 16.3. The van der Waals surface area contributed by atoms with Gasteiger partial charge < -0.3 is 14.5 Å². The number of thiocarbonyl (C=S) groups is 1. The highest BCUT2D eigenvalue weighted by Gasteiger charge is 2.18. The number of hydrogen-bond donors (Lipinski definition) is 2. The Bertz CT molecular complexity index is 1360. The molecular formula is C25H21Cl2N3O3S. The number of rotatable bonds is 6. The summed E-state index contributed by atoms with van der Waals surface area (Å²) >= 11 is 17.3. The van der Waals surface area contributed by atoms with Crippen LogP contribution in [-0.2, 0) is 11.2 Å². The Morgan fingerprint density at radius 2 is 1.88 bits per heavy atom. The highest BCUT2D eigenvalue weighted by atomic mass is 35.5. The van der Waals surface area contributed by atoms with Crippen LogP contribution < -0.4 is 15.4 Å². The molecule has 0 aliphatic rings. The third kappa shape index (κ3) is 5.67. The number of carbonyl (C=O) groups is 1. The van der Waals surface area contributed by atoms with Gasteiger partial charge in [0.15, 0.2) is 16.8 Å². The van der Waals surface area contributed by atoms with Crippen molar-refractivity contribution in [2.75, 3.05) is 5.32 Å². The molecule has 0 radical (unpaired) electrons. The monoisotopic (exact) mass is 513 g/mol. The topological polar surface area (TPSA) is 76.4 Å². The van der Waals surface area contributed by atoms with E-state index in [1.54, 1.807) is 43.3 Å². The number of fused-ring (bicyclic) bond motifs is 1. The molecule has 6 nitrogen and oxygen atoms in total. The smallest absolute Gasteiger partial charge is 0.266 e. The van der Waals surface area contributed by atoms with Crippen molar-refractivity contribution in [1.29, 1.82) is 0 Å². The first-order valence-electron chi connectivity index (χ1n) is 10.6. The Kier molecular flexibility index (Phi) is 7.36. The van der Waals surface area contributed by atoms with E-state index in [1.807, 2.05) is 12.1 Å². The predicted molar refractivity (Wildman–Crippen MR) is 140 cm³/mol. The van der Waals surface area contributed by atoms with E-state index < -0.39 is 12.0 Å². The quantitative estimate of drug-likeness (QED) is 0.281. The Morgan fingerprint density at radius 1 is 1.12 bits per heavy atom. The normalized spacial score (nSPS) is 11.8. The Labute approximate surface area is 212 Å². The van der Waals surface area contributed by atoms with Crippen LogP contribution in [0, 0.1) is 0 Å². The van der Waals surface area contributed by atoms with Crippen molar-refractivity contribution in [3.8, 4) is 17.2 Å². The zero-order chi connectivity index (χ0) is 24.2. The van der Waals surface area contributed by atoms with Gasteiger partial charge in [0.05, 0.1) is 5.02 Å². The number of amides is 1. The maximum Gasteiger partial charge on any atom is 0.266 e. The predicted octanol–water partition coefficient (Wildman–Crippen LogP) is 6.64. The molecule has 0 saturated heterocycles. The van der Waals surface area contributed by atoms with E-state index in [-0.39, 0.29) is 5.11 Å². The lowest BCUT2D eigenvalue weighted by atomic mass is 10.1. The van der Waals surface area contributed by atoms with E-state index in [9.17, 15) is 4.79 Å². The largest absolute Gasteiger partial charge is 0.479 e. The zero-order valence-electron chi connectivity index (χ0n) is 18.4. The van der Waals surface area contributed by atoms with Crippen molar-refractivity contribution in [3.05, 3.63) is 76.3 Å². The minimum Gasteiger partial charge on any atom is -0.479 e. The lowest BCUT2D eigenvalue weighted by Crippen LogP contribution is -2.42. The van der Waals surface area contributed by atoms with Gasteiger partial charge in [0.25, 0.3) is 5.91 Å². The number of halogens is 2. The van der Waals surface area contributed by atoms with Gasteiger partial charge in [-0.15, -0.1) is 0 Å². The summed E-state index contributed by atoms with van der Waals surface area (Å²) in [5.41, 5.74) is 4.13. The van der Waals surface area contributed by atoms with Crippen LogP contribution in [0.3, 0.4) is 0 Å². The Balaban J connectivity index is 1.39. The molecule has 3 aromatic carbocycles. The van der Waals surface area contributed by atoms with E-state index in [0.29, 0.717) is 38.5 Å². The molecule has 34 heavy (non-hydrogen) atoms. The van der Waals surface area contributed by atoms with Crippen LogP contribution in [0.5, 0.6) is 5.75 Å². The third-order valence-corrected chi connectivity index (χ3v) is 5.79. The first kappa shape index (κ1) is 24.0. The summed E-state index contributed by atoms with van der Waals surface area (Å²) in [6.45, 7) is 3.71. The van der Waals surface area contributed by atoms with Crippen LogP contribution in [0.15, 0.2) is 65.1 Å². The summed E-state index contributed by atoms with van der Waals surface area (Å²) in [7, 11) is 0. The highest BCUT2D eigenvalue weighted by Crippen LogP contribution is 2.29. The van der Waals surface area contributed by atoms with Crippen molar-refractivity contribution in [3.63, 3.8) is 0 Å². The van der Waals surface area contributed by atoms with Crippen LogP contribution in [0.1, 0.15) is 19.4 Å². The van der Waals surface area contributed by atoms with Crippen LogP contribution in [0.2, 0.25) is 10.0 Å². The van der Waals surface area contributed by atoms with Gasteiger partial charge in [-0.05, 0) is 79.7 Å². The fourth-order valence-electron chi connectivity index (χ4n) is 3.20. The summed E-state index contributed by atoms with van der Waals surface area (Å²) in [6.07, 6.45) is 0.136. The van der Waals surface area contributed by atoms with Gasteiger partial charge in [-0.3, -0.25) is 10.1 Å². The number of anilines is 1. The summed E-state index contributed by atoms with van der Waals surface area (Å²) in [5, 5.41) is 6.52. The van der Waals surface area contributed by atoms with Crippen molar-refractivity contribution >= 4 is 63.2 Å². The second kappa shape index (κ2) is 10.4. The average Bonchev–Trinajstić information content (AvgIpc) is 3.24. The molecule has 4 rings (SSSR count). The summed E-state index contributed by atoms with van der Waals surface area (Å²) in [5.74, 6) is 0.463. The molecule has 1 atom stereocenters. The molecule has 0 aliphatic heterocycles. The molecule has 0 saturated carbocycles. The van der Waals surface area contributed by atoms with Crippen LogP contribution in [0.4, 0.5) is 5.69 Å². The lowest BCUT2D eigenvalue weighted by molar-refractivity contribution is -0.125. The van der Waals surface area contributed by atoms with E-state index >= 15 is 0 Å². The molecule has 174 valence electrons. The molecule has 0 bridgehead atoms. The van der Waals surface area contributed by atoms with Crippen molar-refractivity contribution in [2.45, 2.75) is 26.4 Å². The van der Waals surface area contributed by atoms with E-state index in [1.165, 1.54) is 5.56 Å². The molecule has 1 heterocycles. The molecule has 9 heteroatoms. The van der Waals surface area contributed by atoms with Crippen LogP contribution in [-0.4, -0.2) is 22.1 Å². The average molecular weight is 514 g/mol. The van der Waals surface area contributed by atoms with Crippen LogP contribution in [0.25, 0.3) is 22.6 Å². The second-order valence-corrected chi connectivity index (χ2v) is 8.78. The fraction of sp³-hybridized carbons (Fsp3) is 0.160. The molecule has 1 unspecified atom stereocenters. The SMILES string of the molecule is CCc1ccc(-c2nc3cc(NC(=S)NC(=O)C(C)Oc4ccc(Cl)cc4Cl)ccc3o2)cc1.